The number of nitrogens with zero attached hydrogens (tertiary/aromatic N) is 2. The molecule has 1 saturated heterocycles. The number of hydrogen-bond acceptors (Lipinski definition) is 5. The van der Waals surface area contributed by atoms with Crippen LogP contribution in [0.25, 0.3) is 0 Å². The molecule has 1 aliphatic rings. The molecule has 0 bridgehead atoms. The van der Waals surface area contributed by atoms with Gasteiger partial charge >= 0.3 is 0 Å². The molecule has 1 aromatic carbocycles. The van der Waals surface area contributed by atoms with Crippen molar-refractivity contribution in [3.63, 3.8) is 0 Å². The van der Waals surface area contributed by atoms with Crippen LogP contribution in [0.5, 0.6) is 0 Å². The smallest absolute Gasteiger partial charge is 0.239 e. The number of guanidine groups is 1. The van der Waals surface area contributed by atoms with E-state index in [9.17, 15) is 4.79 Å². The van der Waals surface area contributed by atoms with Gasteiger partial charge in [0.15, 0.2) is 5.96 Å². The van der Waals surface area contributed by atoms with Gasteiger partial charge in [0.1, 0.15) is 0 Å². The number of methoxy groups -OCH3 is 1. The van der Waals surface area contributed by atoms with Crippen molar-refractivity contribution in [1.29, 1.82) is 0 Å². The van der Waals surface area contributed by atoms with Crippen molar-refractivity contribution in [2.24, 2.45) is 4.99 Å². The minimum absolute atomic E-state index is 0.0862. The van der Waals surface area contributed by atoms with Gasteiger partial charge in [-0.05, 0) is 24.8 Å². The van der Waals surface area contributed by atoms with Crippen molar-refractivity contribution in [2.75, 3.05) is 60.1 Å². The Bertz CT molecular complexity index is 618. The maximum atomic E-state index is 11.7. The first-order chi connectivity index (χ1) is 14.7. The summed E-state index contributed by atoms with van der Waals surface area (Å²) in [5.41, 5.74) is 1.37. The van der Waals surface area contributed by atoms with Gasteiger partial charge in [0.05, 0.1) is 19.3 Å². The molecule has 0 aromatic heterocycles. The maximum absolute atomic E-state index is 11.7. The van der Waals surface area contributed by atoms with Gasteiger partial charge in [0, 0.05) is 53.5 Å². The van der Waals surface area contributed by atoms with E-state index in [1.54, 1.807) is 14.2 Å². The van der Waals surface area contributed by atoms with E-state index in [-0.39, 0.29) is 12.5 Å². The van der Waals surface area contributed by atoms with E-state index in [0.717, 1.165) is 52.0 Å². The quantitative estimate of drug-likeness (QED) is 0.266. The number of piperidine rings is 1. The second-order valence-electron chi connectivity index (χ2n) is 7.38. The zero-order chi connectivity index (χ0) is 21.4. The Morgan fingerprint density at radius 2 is 1.87 bits per heavy atom. The molecular formula is C22H37N5O3. The third-order valence-electron chi connectivity index (χ3n) is 5.02. The fourth-order valence-electron chi connectivity index (χ4n) is 3.34. The van der Waals surface area contributed by atoms with Crippen LogP contribution in [0.15, 0.2) is 35.3 Å². The van der Waals surface area contributed by atoms with Gasteiger partial charge in [-0.1, -0.05) is 30.3 Å². The van der Waals surface area contributed by atoms with Crippen LogP contribution >= 0.6 is 0 Å². The van der Waals surface area contributed by atoms with E-state index in [0.29, 0.717) is 25.2 Å². The maximum Gasteiger partial charge on any atom is 0.239 e. The molecule has 0 radical (unpaired) electrons. The molecule has 0 aliphatic carbocycles. The van der Waals surface area contributed by atoms with Gasteiger partial charge in [-0.2, -0.15) is 0 Å². The number of hydrogen-bond donors (Lipinski definition) is 3. The van der Waals surface area contributed by atoms with Crippen LogP contribution in [0.1, 0.15) is 24.8 Å². The minimum atomic E-state index is -0.0862. The number of amides is 1. The van der Waals surface area contributed by atoms with Crippen molar-refractivity contribution in [2.45, 2.75) is 31.9 Å². The average Bonchev–Trinajstić information content (AvgIpc) is 2.77. The molecule has 0 unspecified atom stereocenters. The lowest BCUT2D eigenvalue weighted by atomic mass is 10.1. The molecule has 3 N–H and O–H groups in total. The monoisotopic (exact) mass is 419 g/mol. The molecule has 1 heterocycles. The van der Waals surface area contributed by atoms with E-state index in [1.807, 2.05) is 0 Å². The lowest BCUT2D eigenvalue weighted by Gasteiger charge is -2.32. The lowest BCUT2D eigenvalue weighted by Crippen LogP contribution is -2.44. The largest absolute Gasteiger partial charge is 0.383 e. The number of ether oxygens (including phenoxy) is 2. The van der Waals surface area contributed by atoms with Crippen LogP contribution in [0.3, 0.4) is 0 Å². The first-order valence-electron chi connectivity index (χ1n) is 10.8. The summed E-state index contributed by atoms with van der Waals surface area (Å²) in [6.07, 6.45) is 3.42. The van der Waals surface area contributed by atoms with Crippen LogP contribution in [0, 0.1) is 0 Å². The lowest BCUT2D eigenvalue weighted by molar-refractivity contribution is -0.120. The van der Waals surface area contributed by atoms with Gasteiger partial charge in [-0.15, -0.1) is 0 Å². The number of aliphatic imine (C=N–C) groups is 1. The van der Waals surface area contributed by atoms with E-state index in [4.69, 9.17) is 9.47 Å². The molecule has 8 heteroatoms. The van der Waals surface area contributed by atoms with E-state index >= 15 is 0 Å². The predicted molar refractivity (Wildman–Crippen MR) is 120 cm³/mol. The van der Waals surface area contributed by atoms with Crippen molar-refractivity contribution in [3.05, 3.63) is 35.9 Å². The fourth-order valence-corrected chi connectivity index (χ4v) is 3.34. The standard InChI is InChI=1S/C22H37N5O3/c1-23-22(26-17-21(28)24-12-16-29-2)25-11-6-15-30-20-9-13-27(14-10-20)18-19-7-4-3-5-8-19/h3-5,7-8,20H,6,9-18H2,1-2H3,(H,24,28)(H2,23,25,26). The Labute approximate surface area is 180 Å². The van der Waals surface area contributed by atoms with E-state index < -0.39 is 0 Å². The third kappa shape index (κ3) is 10.0. The van der Waals surface area contributed by atoms with Crippen molar-refractivity contribution >= 4 is 11.9 Å². The molecule has 1 fully saturated rings. The second kappa shape index (κ2) is 14.8. The number of carbonyl (C=O) groups is 1. The summed E-state index contributed by atoms with van der Waals surface area (Å²) in [6.45, 7) is 5.86. The summed E-state index contributed by atoms with van der Waals surface area (Å²) in [5, 5.41) is 8.97. The van der Waals surface area contributed by atoms with Crippen molar-refractivity contribution in [1.82, 2.24) is 20.9 Å². The summed E-state index contributed by atoms with van der Waals surface area (Å²) in [7, 11) is 3.30. The Kier molecular flexibility index (Phi) is 11.9. The summed E-state index contributed by atoms with van der Waals surface area (Å²) in [4.78, 5) is 18.3. The third-order valence-corrected chi connectivity index (χ3v) is 5.02. The fraction of sp³-hybridized carbons (Fsp3) is 0.636. The van der Waals surface area contributed by atoms with Crippen LogP contribution in [-0.2, 0) is 20.8 Å². The summed E-state index contributed by atoms with van der Waals surface area (Å²) < 4.78 is 10.9. The minimum Gasteiger partial charge on any atom is -0.383 e. The van der Waals surface area contributed by atoms with Crippen LogP contribution in [0.4, 0.5) is 0 Å². The molecule has 1 aliphatic heterocycles. The van der Waals surface area contributed by atoms with Crippen molar-refractivity contribution in [3.8, 4) is 0 Å². The molecule has 30 heavy (non-hydrogen) atoms. The van der Waals surface area contributed by atoms with E-state index in [2.05, 4.69) is 56.2 Å². The van der Waals surface area contributed by atoms with Gasteiger partial charge in [0.2, 0.25) is 5.91 Å². The number of nitrogens with one attached hydrogen (secondary N) is 3. The zero-order valence-electron chi connectivity index (χ0n) is 18.4. The molecule has 0 saturated carbocycles. The molecule has 2 rings (SSSR count). The van der Waals surface area contributed by atoms with Gasteiger partial charge < -0.3 is 25.4 Å². The highest BCUT2D eigenvalue weighted by molar-refractivity contribution is 5.86. The molecule has 0 spiro atoms. The van der Waals surface area contributed by atoms with E-state index in [1.165, 1.54) is 5.56 Å². The normalized spacial score (nSPS) is 15.7. The summed E-state index contributed by atoms with van der Waals surface area (Å²) in [5.74, 6) is 0.531. The second-order valence-corrected chi connectivity index (χ2v) is 7.38. The summed E-state index contributed by atoms with van der Waals surface area (Å²) >= 11 is 0. The average molecular weight is 420 g/mol. The molecule has 8 nitrogen and oxygen atoms in total. The van der Waals surface area contributed by atoms with Crippen LogP contribution in [0.2, 0.25) is 0 Å². The highest BCUT2D eigenvalue weighted by Gasteiger charge is 2.19. The highest BCUT2D eigenvalue weighted by atomic mass is 16.5. The number of rotatable bonds is 12. The van der Waals surface area contributed by atoms with Gasteiger partial charge in [0.25, 0.3) is 0 Å². The van der Waals surface area contributed by atoms with Gasteiger partial charge in [-0.25, -0.2) is 0 Å². The van der Waals surface area contributed by atoms with Gasteiger partial charge in [-0.3, -0.25) is 14.7 Å². The molecule has 168 valence electrons. The zero-order valence-corrected chi connectivity index (χ0v) is 18.4. The SMILES string of the molecule is CN=C(NCCCOC1CCN(Cc2ccccc2)CC1)NCC(=O)NCCOC. The van der Waals surface area contributed by atoms with Crippen LogP contribution in [-0.4, -0.2) is 83.0 Å². The number of likely N-dealkylation sites (tertiary alicyclic amines) is 1. The number of carbonyl (C=O) groups excluding carboxylic acids is 1. The first kappa shape index (κ1) is 24.1. The van der Waals surface area contributed by atoms with Crippen molar-refractivity contribution < 1.29 is 14.3 Å². The molecular weight excluding hydrogens is 382 g/mol. The number of benzene rings is 1. The molecule has 0 atom stereocenters. The first-order valence-corrected chi connectivity index (χ1v) is 10.8. The Morgan fingerprint density at radius 1 is 1.10 bits per heavy atom. The Balaban J connectivity index is 1.49. The topological polar surface area (TPSA) is 87.2 Å². The Morgan fingerprint density at radius 3 is 2.57 bits per heavy atom. The highest BCUT2D eigenvalue weighted by Crippen LogP contribution is 2.16. The Hall–Kier alpha value is -2.16. The molecule has 1 amide bonds. The predicted octanol–water partition coefficient (Wildman–Crippen LogP) is 0.985. The molecule has 1 aromatic rings. The summed E-state index contributed by atoms with van der Waals surface area (Å²) in [6, 6.07) is 10.6. The van der Waals surface area contributed by atoms with Crippen LogP contribution < -0.4 is 16.0 Å².